The molecule has 2 aromatic carbocycles. The molecule has 0 atom stereocenters. The van der Waals surface area contributed by atoms with Crippen molar-refractivity contribution in [3.63, 3.8) is 0 Å². The molecule has 0 aromatic heterocycles. The molecule has 2 aromatic rings. The molecule has 0 bridgehead atoms. The largest absolute Gasteiger partial charge is 0.465 e. The summed E-state index contributed by atoms with van der Waals surface area (Å²) in [4.78, 5) is 28.9. The Balaban J connectivity index is 0.00000306. The van der Waals surface area contributed by atoms with Crippen molar-refractivity contribution in [2.45, 2.75) is 44.1 Å². The standard InChI is InChI=1S/C25H30ClN3O3.ClH/c1-17-14-18(23(30)32-2)6-7-22(17)29-13-12-28(24(29)31)21-8-10-25(16-27,11-9-21)19-4-3-5-20(26)15-19;/h3-7,14-15,21H,8-13,16,27H2,1-2H3;1H/t21-,25-;. The molecule has 1 aliphatic heterocycles. The van der Waals surface area contributed by atoms with Gasteiger partial charge in [0, 0.05) is 41.8 Å². The number of nitrogens with two attached hydrogens (primary N) is 1. The van der Waals surface area contributed by atoms with Crippen LogP contribution in [0.5, 0.6) is 0 Å². The lowest BCUT2D eigenvalue weighted by Gasteiger charge is -2.42. The Hall–Kier alpha value is -2.28. The minimum absolute atomic E-state index is 0. The number of urea groups is 1. The van der Waals surface area contributed by atoms with Crippen molar-refractivity contribution >= 4 is 41.7 Å². The molecule has 2 aliphatic rings. The molecule has 1 saturated carbocycles. The van der Waals surface area contributed by atoms with Crippen LogP contribution in [-0.2, 0) is 10.2 Å². The molecular weight excluding hydrogens is 461 g/mol. The number of carbonyl (C=O) groups excluding carboxylic acids is 2. The highest BCUT2D eigenvalue weighted by atomic mass is 35.5. The number of methoxy groups -OCH3 is 1. The molecule has 8 heteroatoms. The highest BCUT2D eigenvalue weighted by Gasteiger charge is 2.41. The van der Waals surface area contributed by atoms with Gasteiger partial charge in [0.25, 0.3) is 0 Å². The third-order valence-electron chi connectivity index (χ3n) is 7.13. The van der Waals surface area contributed by atoms with E-state index in [2.05, 4.69) is 6.07 Å². The normalized spacial score (nSPS) is 22.8. The first-order valence-corrected chi connectivity index (χ1v) is 11.5. The number of esters is 1. The molecule has 0 unspecified atom stereocenters. The van der Waals surface area contributed by atoms with Gasteiger partial charge in [-0.15, -0.1) is 12.4 Å². The number of anilines is 1. The van der Waals surface area contributed by atoms with Crippen LogP contribution in [0.3, 0.4) is 0 Å². The van der Waals surface area contributed by atoms with Crippen LogP contribution in [0, 0.1) is 6.92 Å². The molecule has 2 amide bonds. The SMILES string of the molecule is COC(=O)c1ccc(N2CCN([C@H]3CC[C@](CN)(c4cccc(Cl)c4)CC3)C2=O)c(C)c1.Cl. The van der Waals surface area contributed by atoms with E-state index in [1.807, 2.05) is 41.0 Å². The van der Waals surface area contributed by atoms with Crippen molar-refractivity contribution in [1.29, 1.82) is 0 Å². The molecule has 1 saturated heterocycles. The number of ether oxygens (including phenoxy) is 1. The highest BCUT2D eigenvalue weighted by Crippen LogP contribution is 2.41. The first-order valence-electron chi connectivity index (χ1n) is 11.1. The molecule has 33 heavy (non-hydrogen) atoms. The van der Waals surface area contributed by atoms with Crippen molar-refractivity contribution in [3.05, 3.63) is 64.2 Å². The van der Waals surface area contributed by atoms with Gasteiger partial charge in [-0.3, -0.25) is 4.90 Å². The summed E-state index contributed by atoms with van der Waals surface area (Å²) in [6.45, 7) is 3.84. The molecule has 0 radical (unpaired) electrons. The van der Waals surface area contributed by atoms with Crippen molar-refractivity contribution in [1.82, 2.24) is 4.90 Å². The van der Waals surface area contributed by atoms with E-state index < -0.39 is 0 Å². The smallest absolute Gasteiger partial charge is 0.337 e. The molecule has 1 aliphatic carbocycles. The van der Waals surface area contributed by atoms with Crippen LogP contribution in [0.1, 0.15) is 47.2 Å². The van der Waals surface area contributed by atoms with E-state index in [1.54, 1.807) is 12.1 Å². The van der Waals surface area contributed by atoms with E-state index in [1.165, 1.54) is 12.7 Å². The Kier molecular flexibility index (Phi) is 7.93. The van der Waals surface area contributed by atoms with Crippen LogP contribution < -0.4 is 10.6 Å². The first-order chi connectivity index (χ1) is 15.4. The lowest BCUT2D eigenvalue weighted by atomic mass is 9.68. The number of carbonyl (C=O) groups is 2. The minimum Gasteiger partial charge on any atom is -0.465 e. The fourth-order valence-corrected chi connectivity index (χ4v) is 5.41. The second-order valence-electron chi connectivity index (χ2n) is 8.85. The second kappa shape index (κ2) is 10.3. The average molecular weight is 492 g/mol. The van der Waals surface area contributed by atoms with Crippen molar-refractivity contribution in [2.24, 2.45) is 5.73 Å². The van der Waals surface area contributed by atoms with Crippen molar-refractivity contribution in [3.8, 4) is 0 Å². The number of benzene rings is 2. The Morgan fingerprint density at radius 3 is 2.52 bits per heavy atom. The van der Waals surface area contributed by atoms with Gasteiger partial charge in [0.1, 0.15) is 0 Å². The summed E-state index contributed by atoms with van der Waals surface area (Å²) in [5.74, 6) is -0.376. The molecule has 0 spiro atoms. The maximum atomic E-state index is 13.3. The van der Waals surface area contributed by atoms with Crippen LogP contribution in [0.15, 0.2) is 42.5 Å². The van der Waals surface area contributed by atoms with Gasteiger partial charge in [0.15, 0.2) is 0 Å². The maximum Gasteiger partial charge on any atom is 0.337 e. The van der Waals surface area contributed by atoms with Crippen LogP contribution in [0.4, 0.5) is 10.5 Å². The van der Waals surface area contributed by atoms with Gasteiger partial charge in [0.05, 0.1) is 12.7 Å². The molecule has 1 heterocycles. The number of amides is 2. The summed E-state index contributed by atoms with van der Waals surface area (Å²) in [7, 11) is 1.36. The number of aryl methyl sites for hydroxylation is 1. The predicted molar refractivity (Wildman–Crippen MR) is 134 cm³/mol. The van der Waals surface area contributed by atoms with E-state index in [4.69, 9.17) is 22.1 Å². The van der Waals surface area contributed by atoms with Gasteiger partial charge in [-0.2, -0.15) is 0 Å². The predicted octanol–water partition coefficient (Wildman–Crippen LogP) is 4.94. The molecule has 2 N–H and O–H groups in total. The third kappa shape index (κ3) is 4.84. The fraction of sp³-hybridized carbons (Fsp3) is 0.440. The number of nitrogens with zero attached hydrogens (tertiary/aromatic N) is 2. The number of halogens is 2. The summed E-state index contributed by atoms with van der Waals surface area (Å²) < 4.78 is 4.79. The first kappa shape index (κ1) is 25.3. The molecular formula is C25H31Cl2N3O3. The monoisotopic (exact) mass is 491 g/mol. The van der Waals surface area contributed by atoms with Crippen LogP contribution in [-0.4, -0.2) is 49.7 Å². The summed E-state index contributed by atoms with van der Waals surface area (Å²) >= 11 is 6.23. The van der Waals surface area contributed by atoms with Crippen molar-refractivity contribution in [2.75, 3.05) is 31.6 Å². The molecule has 2 fully saturated rings. The quantitative estimate of drug-likeness (QED) is 0.600. The zero-order valence-corrected chi connectivity index (χ0v) is 20.6. The van der Waals surface area contributed by atoms with E-state index in [0.717, 1.165) is 42.0 Å². The van der Waals surface area contributed by atoms with E-state index in [-0.39, 0.29) is 35.9 Å². The fourth-order valence-electron chi connectivity index (χ4n) is 5.22. The number of rotatable bonds is 5. The topological polar surface area (TPSA) is 75.9 Å². The second-order valence-corrected chi connectivity index (χ2v) is 9.28. The van der Waals surface area contributed by atoms with Gasteiger partial charge >= 0.3 is 12.0 Å². The minimum atomic E-state index is -0.376. The van der Waals surface area contributed by atoms with E-state index in [9.17, 15) is 9.59 Å². The summed E-state index contributed by atoms with van der Waals surface area (Å²) in [5.41, 5.74) is 9.57. The van der Waals surface area contributed by atoms with Crippen LogP contribution in [0.25, 0.3) is 0 Å². The zero-order chi connectivity index (χ0) is 22.9. The lowest BCUT2D eigenvalue weighted by Crippen LogP contribution is -2.47. The summed E-state index contributed by atoms with van der Waals surface area (Å²) in [6.07, 6.45) is 3.71. The molecule has 6 nitrogen and oxygen atoms in total. The van der Waals surface area contributed by atoms with Gasteiger partial charge in [-0.25, -0.2) is 9.59 Å². The van der Waals surface area contributed by atoms with Crippen molar-refractivity contribution < 1.29 is 14.3 Å². The summed E-state index contributed by atoms with van der Waals surface area (Å²) in [6, 6.07) is 13.6. The Morgan fingerprint density at radius 2 is 1.91 bits per heavy atom. The van der Waals surface area contributed by atoms with Gasteiger partial charge < -0.3 is 15.4 Å². The van der Waals surface area contributed by atoms with Gasteiger partial charge in [-0.1, -0.05) is 23.7 Å². The van der Waals surface area contributed by atoms with Crippen LogP contribution in [0.2, 0.25) is 5.02 Å². The van der Waals surface area contributed by atoms with Gasteiger partial charge in [-0.05, 0) is 74.1 Å². The Labute approximate surface area is 206 Å². The highest BCUT2D eigenvalue weighted by molar-refractivity contribution is 6.30. The third-order valence-corrected chi connectivity index (χ3v) is 7.37. The van der Waals surface area contributed by atoms with E-state index in [0.29, 0.717) is 25.2 Å². The van der Waals surface area contributed by atoms with Gasteiger partial charge in [0.2, 0.25) is 0 Å². The Bertz CT molecular complexity index is 1020. The molecule has 4 rings (SSSR count). The number of hydrogen-bond donors (Lipinski definition) is 1. The van der Waals surface area contributed by atoms with Crippen LogP contribution >= 0.6 is 24.0 Å². The maximum absolute atomic E-state index is 13.3. The zero-order valence-electron chi connectivity index (χ0n) is 19.1. The average Bonchev–Trinajstić information content (AvgIpc) is 3.19. The number of hydrogen-bond acceptors (Lipinski definition) is 4. The van der Waals surface area contributed by atoms with E-state index >= 15 is 0 Å². The lowest BCUT2D eigenvalue weighted by molar-refractivity contribution is 0.0600. The Morgan fingerprint density at radius 1 is 1.18 bits per heavy atom. The molecule has 178 valence electrons. The summed E-state index contributed by atoms with van der Waals surface area (Å²) in [5, 5.41) is 0.733.